The minimum atomic E-state index is -0.635. The molecule has 1 aromatic carbocycles. The average Bonchev–Trinajstić information content (AvgIpc) is 2.30. The number of carbonyl (C=O) groups excluding carboxylic acids is 1. The normalized spacial score (nSPS) is 13.1. The van der Waals surface area contributed by atoms with Crippen molar-refractivity contribution in [2.75, 3.05) is 6.54 Å². The van der Waals surface area contributed by atoms with E-state index in [2.05, 4.69) is 0 Å². The van der Waals surface area contributed by atoms with Crippen molar-refractivity contribution < 1.29 is 18.3 Å². The summed E-state index contributed by atoms with van der Waals surface area (Å²) in [6.45, 7) is 5.37. The summed E-state index contributed by atoms with van der Waals surface area (Å²) in [5, 5.41) is 0. The number of benzene rings is 1. The van der Waals surface area contributed by atoms with Gasteiger partial charge in [0.25, 0.3) is 0 Å². The minimum Gasteiger partial charge on any atom is -0.460 e. The fourth-order valence-corrected chi connectivity index (χ4v) is 1.97. The predicted molar refractivity (Wildman–Crippen MR) is 73.2 cm³/mol. The number of carbonyl (C=O) groups is 1. The standard InChI is InChI=1S/C15H21F2NO2/c1-15(2,3)20-13(19)8-7-10(9-18)14-11(16)5-4-6-12(14)17/h4-6,10H,7-9,18H2,1-3H3. The Labute approximate surface area is 118 Å². The van der Waals surface area contributed by atoms with E-state index < -0.39 is 29.1 Å². The zero-order chi connectivity index (χ0) is 15.3. The lowest BCUT2D eigenvalue weighted by atomic mass is 9.93. The molecule has 0 heterocycles. The molecule has 0 bridgehead atoms. The van der Waals surface area contributed by atoms with Crippen molar-refractivity contribution in [2.45, 2.75) is 45.1 Å². The number of hydrogen-bond acceptors (Lipinski definition) is 3. The summed E-state index contributed by atoms with van der Waals surface area (Å²) in [4.78, 5) is 11.6. The van der Waals surface area contributed by atoms with Gasteiger partial charge in [0.05, 0.1) is 0 Å². The SMILES string of the molecule is CC(C)(C)OC(=O)CCC(CN)c1c(F)cccc1F. The van der Waals surface area contributed by atoms with E-state index in [1.54, 1.807) is 20.8 Å². The second kappa shape index (κ2) is 6.79. The van der Waals surface area contributed by atoms with E-state index in [1.807, 2.05) is 0 Å². The summed E-state index contributed by atoms with van der Waals surface area (Å²) in [5.74, 6) is -2.20. The van der Waals surface area contributed by atoms with Gasteiger partial charge in [-0.3, -0.25) is 4.79 Å². The van der Waals surface area contributed by atoms with Crippen molar-refractivity contribution in [2.24, 2.45) is 5.73 Å². The van der Waals surface area contributed by atoms with E-state index in [4.69, 9.17) is 10.5 Å². The highest BCUT2D eigenvalue weighted by Crippen LogP contribution is 2.26. The monoisotopic (exact) mass is 285 g/mol. The van der Waals surface area contributed by atoms with Crippen molar-refractivity contribution in [1.29, 1.82) is 0 Å². The summed E-state index contributed by atoms with van der Waals surface area (Å²) in [6, 6.07) is 3.68. The molecule has 5 heteroatoms. The quantitative estimate of drug-likeness (QED) is 0.846. The largest absolute Gasteiger partial charge is 0.460 e. The van der Waals surface area contributed by atoms with Gasteiger partial charge in [-0.25, -0.2) is 8.78 Å². The highest BCUT2D eigenvalue weighted by Gasteiger charge is 2.22. The smallest absolute Gasteiger partial charge is 0.306 e. The molecule has 0 spiro atoms. The van der Waals surface area contributed by atoms with Gasteiger partial charge in [0.2, 0.25) is 0 Å². The van der Waals surface area contributed by atoms with E-state index in [9.17, 15) is 13.6 Å². The first-order valence-corrected chi connectivity index (χ1v) is 6.60. The minimum absolute atomic E-state index is 0.0569. The zero-order valence-electron chi connectivity index (χ0n) is 12.1. The molecule has 112 valence electrons. The lowest BCUT2D eigenvalue weighted by Crippen LogP contribution is -2.25. The van der Waals surface area contributed by atoms with Crippen LogP contribution < -0.4 is 5.73 Å². The number of halogens is 2. The Morgan fingerprint density at radius 1 is 1.30 bits per heavy atom. The van der Waals surface area contributed by atoms with Crippen LogP contribution in [0.3, 0.4) is 0 Å². The number of hydrogen-bond donors (Lipinski definition) is 1. The molecule has 0 saturated carbocycles. The summed E-state index contributed by atoms with van der Waals surface area (Å²) < 4.78 is 32.5. The molecule has 1 rings (SSSR count). The Morgan fingerprint density at radius 3 is 2.30 bits per heavy atom. The molecule has 1 atom stereocenters. The van der Waals surface area contributed by atoms with Crippen LogP contribution in [0.4, 0.5) is 8.78 Å². The third-order valence-electron chi connectivity index (χ3n) is 2.81. The first-order valence-electron chi connectivity index (χ1n) is 6.60. The second-order valence-electron chi connectivity index (χ2n) is 5.69. The van der Waals surface area contributed by atoms with E-state index in [1.165, 1.54) is 18.2 Å². The van der Waals surface area contributed by atoms with Crippen LogP contribution in [0.25, 0.3) is 0 Å². The van der Waals surface area contributed by atoms with Crippen molar-refractivity contribution in [3.63, 3.8) is 0 Å². The van der Waals surface area contributed by atoms with Crippen LogP contribution in [-0.4, -0.2) is 18.1 Å². The molecule has 1 unspecified atom stereocenters. The topological polar surface area (TPSA) is 52.3 Å². The molecular formula is C15H21F2NO2. The summed E-state index contributed by atoms with van der Waals surface area (Å²) in [5.41, 5.74) is 4.94. The fourth-order valence-electron chi connectivity index (χ4n) is 1.97. The second-order valence-corrected chi connectivity index (χ2v) is 5.69. The van der Waals surface area contributed by atoms with Gasteiger partial charge in [0.1, 0.15) is 17.2 Å². The van der Waals surface area contributed by atoms with E-state index >= 15 is 0 Å². The molecule has 2 N–H and O–H groups in total. The van der Waals surface area contributed by atoms with Crippen LogP contribution in [0.2, 0.25) is 0 Å². The number of ether oxygens (including phenoxy) is 1. The molecule has 0 amide bonds. The van der Waals surface area contributed by atoms with Gasteiger partial charge in [0, 0.05) is 17.9 Å². The number of esters is 1. The van der Waals surface area contributed by atoms with Gasteiger partial charge in [-0.2, -0.15) is 0 Å². The van der Waals surface area contributed by atoms with Crippen molar-refractivity contribution >= 4 is 5.97 Å². The highest BCUT2D eigenvalue weighted by molar-refractivity contribution is 5.69. The molecule has 0 aromatic heterocycles. The zero-order valence-corrected chi connectivity index (χ0v) is 12.1. The van der Waals surface area contributed by atoms with E-state index in [0.29, 0.717) is 0 Å². The fraction of sp³-hybridized carbons (Fsp3) is 0.533. The maximum absolute atomic E-state index is 13.7. The average molecular weight is 285 g/mol. The van der Waals surface area contributed by atoms with Crippen molar-refractivity contribution in [3.8, 4) is 0 Å². The molecule has 0 aliphatic heterocycles. The van der Waals surface area contributed by atoms with Gasteiger partial charge >= 0.3 is 5.97 Å². The van der Waals surface area contributed by atoms with Gasteiger partial charge in [0.15, 0.2) is 0 Å². The van der Waals surface area contributed by atoms with Gasteiger partial charge < -0.3 is 10.5 Å². The maximum Gasteiger partial charge on any atom is 0.306 e. The third kappa shape index (κ3) is 4.89. The van der Waals surface area contributed by atoms with Crippen LogP contribution in [0, 0.1) is 11.6 Å². The van der Waals surface area contributed by atoms with E-state index in [-0.39, 0.29) is 24.9 Å². The van der Waals surface area contributed by atoms with E-state index in [0.717, 1.165) is 0 Å². The molecule has 1 aromatic rings. The predicted octanol–water partition coefficient (Wildman–Crippen LogP) is 3.13. The molecule has 0 saturated heterocycles. The molecular weight excluding hydrogens is 264 g/mol. The molecule has 20 heavy (non-hydrogen) atoms. The Bertz CT molecular complexity index is 449. The number of nitrogens with two attached hydrogens (primary N) is 1. The summed E-state index contributed by atoms with van der Waals surface area (Å²) in [6.07, 6.45) is 0.330. The number of rotatable bonds is 5. The molecule has 0 aliphatic rings. The van der Waals surface area contributed by atoms with Crippen LogP contribution in [0.15, 0.2) is 18.2 Å². The van der Waals surface area contributed by atoms with Gasteiger partial charge in [-0.05, 0) is 45.9 Å². The lowest BCUT2D eigenvalue weighted by Gasteiger charge is -2.21. The van der Waals surface area contributed by atoms with Gasteiger partial charge in [-0.15, -0.1) is 0 Å². The first kappa shape index (κ1) is 16.6. The Balaban J connectivity index is 2.71. The Hall–Kier alpha value is -1.49. The third-order valence-corrected chi connectivity index (χ3v) is 2.81. The van der Waals surface area contributed by atoms with Crippen molar-refractivity contribution in [1.82, 2.24) is 0 Å². The highest BCUT2D eigenvalue weighted by atomic mass is 19.1. The van der Waals surface area contributed by atoms with Crippen LogP contribution in [0.1, 0.15) is 45.1 Å². The molecule has 0 radical (unpaired) electrons. The van der Waals surface area contributed by atoms with Crippen LogP contribution in [-0.2, 0) is 9.53 Å². The molecule has 0 fully saturated rings. The first-order chi connectivity index (χ1) is 9.24. The lowest BCUT2D eigenvalue weighted by molar-refractivity contribution is -0.155. The van der Waals surface area contributed by atoms with Crippen LogP contribution >= 0.6 is 0 Å². The van der Waals surface area contributed by atoms with Gasteiger partial charge in [-0.1, -0.05) is 6.07 Å². The molecule has 0 aliphatic carbocycles. The molecule has 3 nitrogen and oxygen atoms in total. The Morgan fingerprint density at radius 2 is 1.85 bits per heavy atom. The summed E-state index contributed by atoms with van der Waals surface area (Å²) >= 11 is 0. The van der Waals surface area contributed by atoms with Crippen LogP contribution in [0.5, 0.6) is 0 Å². The van der Waals surface area contributed by atoms with Crippen molar-refractivity contribution in [3.05, 3.63) is 35.4 Å². The maximum atomic E-state index is 13.7. The summed E-state index contributed by atoms with van der Waals surface area (Å²) in [7, 11) is 0. The Kier molecular flexibility index (Phi) is 5.62.